The quantitative estimate of drug-likeness (QED) is 0.656. The third-order valence-electron chi connectivity index (χ3n) is 3.59. The average Bonchev–Trinajstić information content (AvgIpc) is 2.45. The van der Waals surface area contributed by atoms with Gasteiger partial charge in [0, 0.05) is 9.64 Å². The van der Waals surface area contributed by atoms with Gasteiger partial charge in [-0.25, -0.2) is 8.42 Å². The molecule has 0 heterocycles. The molecule has 0 aliphatic heterocycles. The van der Waals surface area contributed by atoms with Crippen molar-refractivity contribution in [3.05, 3.63) is 54.1 Å². The van der Waals surface area contributed by atoms with Crippen molar-refractivity contribution in [2.45, 2.75) is 66.4 Å². The first-order chi connectivity index (χ1) is 10.9. The highest BCUT2D eigenvalue weighted by Gasteiger charge is 2.20. The summed E-state index contributed by atoms with van der Waals surface area (Å²) in [6.45, 7) is 12.8. The van der Waals surface area contributed by atoms with E-state index in [-0.39, 0.29) is 10.2 Å². The SMILES string of the molecule is CC(C)(C)Sc1ccc(S(=O)(=O)c2ccc(C(C)(C)C)cc2)cc1. The molecule has 4 heteroatoms. The molecule has 2 aromatic carbocycles. The molecule has 24 heavy (non-hydrogen) atoms. The molecule has 0 fully saturated rings. The molecule has 0 bridgehead atoms. The van der Waals surface area contributed by atoms with Gasteiger partial charge in [-0.15, -0.1) is 11.8 Å². The number of hydrogen-bond donors (Lipinski definition) is 0. The minimum atomic E-state index is -3.47. The van der Waals surface area contributed by atoms with E-state index < -0.39 is 9.84 Å². The number of thioether (sulfide) groups is 1. The first-order valence-electron chi connectivity index (χ1n) is 8.04. The van der Waals surface area contributed by atoms with Gasteiger partial charge in [-0.3, -0.25) is 0 Å². The van der Waals surface area contributed by atoms with Crippen LogP contribution in [0.4, 0.5) is 0 Å². The van der Waals surface area contributed by atoms with Gasteiger partial charge in [-0.1, -0.05) is 53.7 Å². The van der Waals surface area contributed by atoms with E-state index in [1.165, 1.54) is 0 Å². The van der Waals surface area contributed by atoms with E-state index in [2.05, 4.69) is 41.5 Å². The molecular formula is C20H26O2S2. The molecule has 0 N–H and O–H groups in total. The lowest BCUT2D eigenvalue weighted by Crippen LogP contribution is -2.11. The Labute approximate surface area is 150 Å². The summed E-state index contributed by atoms with van der Waals surface area (Å²) in [4.78, 5) is 1.75. The molecular weight excluding hydrogens is 336 g/mol. The third kappa shape index (κ3) is 4.64. The highest BCUT2D eigenvalue weighted by molar-refractivity contribution is 8.00. The van der Waals surface area contributed by atoms with Gasteiger partial charge in [-0.05, 0) is 47.4 Å². The van der Waals surface area contributed by atoms with Crippen molar-refractivity contribution in [1.82, 2.24) is 0 Å². The van der Waals surface area contributed by atoms with Gasteiger partial charge in [0.05, 0.1) is 9.79 Å². The van der Waals surface area contributed by atoms with Crippen molar-refractivity contribution in [3.63, 3.8) is 0 Å². The summed E-state index contributed by atoms with van der Waals surface area (Å²) in [6.07, 6.45) is 0. The Bertz CT molecular complexity index is 789. The number of rotatable bonds is 3. The molecule has 0 aliphatic carbocycles. The Morgan fingerprint density at radius 2 is 1.12 bits per heavy atom. The molecule has 130 valence electrons. The predicted octanol–water partition coefficient (Wildman–Crippen LogP) is 5.71. The maximum atomic E-state index is 12.8. The summed E-state index contributed by atoms with van der Waals surface area (Å²) >= 11 is 1.73. The Morgan fingerprint density at radius 3 is 1.50 bits per heavy atom. The normalized spacial score (nSPS) is 13.1. The third-order valence-corrected chi connectivity index (χ3v) is 6.49. The molecule has 2 rings (SSSR count). The van der Waals surface area contributed by atoms with Gasteiger partial charge < -0.3 is 0 Å². The Morgan fingerprint density at radius 1 is 0.708 bits per heavy atom. The zero-order chi connectivity index (χ0) is 18.2. The van der Waals surface area contributed by atoms with Gasteiger partial charge in [-0.2, -0.15) is 0 Å². The number of benzene rings is 2. The topological polar surface area (TPSA) is 34.1 Å². The fraction of sp³-hybridized carbons (Fsp3) is 0.400. The average molecular weight is 363 g/mol. The molecule has 0 amide bonds. The number of hydrogen-bond acceptors (Lipinski definition) is 3. The van der Waals surface area contributed by atoms with Crippen molar-refractivity contribution >= 4 is 21.6 Å². The van der Waals surface area contributed by atoms with Crippen molar-refractivity contribution in [3.8, 4) is 0 Å². The van der Waals surface area contributed by atoms with Crippen LogP contribution in [0.15, 0.2) is 63.2 Å². The minimum Gasteiger partial charge on any atom is -0.219 e. The largest absolute Gasteiger partial charge is 0.219 e. The molecule has 2 aromatic rings. The highest BCUT2D eigenvalue weighted by atomic mass is 32.2. The van der Waals surface area contributed by atoms with Crippen molar-refractivity contribution in [2.75, 3.05) is 0 Å². The summed E-state index contributed by atoms with van der Waals surface area (Å²) in [7, 11) is -3.47. The minimum absolute atomic E-state index is 0.00805. The summed E-state index contributed by atoms with van der Waals surface area (Å²) < 4.78 is 25.7. The second kappa shape index (κ2) is 6.57. The Balaban J connectivity index is 2.30. The van der Waals surface area contributed by atoms with E-state index in [9.17, 15) is 8.42 Å². The van der Waals surface area contributed by atoms with E-state index in [1.54, 1.807) is 36.0 Å². The molecule has 0 atom stereocenters. The maximum absolute atomic E-state index is 12.8. The van der Waals surface area contributed by atoms with Crippen molar-refractivity contribution in [2.24, 2.45) is 0 Å². The smallest absolute Gasteiger partial charge is 0.206 e. The monoisotopic (exact) mass is 362 g/mol. The standard InChI is InChI=1S/C20H26O2S2/c1-19(2,3)15-7-11-17(12-8-15)24(21,22)18-13-9-16(10-14-18)23-20(4,5)6/h7-14H,1-6H3. The fourth-order valence-corrected chi connectivity index (χ4v) is 4.55. The van der Waals surface area contributed by atoms with Crippen LogP contribution in [0.3, 0.4) is 0 Å². The zero-order valence-electron chi connectivity index (χ0n) is 15.3. The predicted molar refractivity (Wildman–Crippen MR) is 103 cm³/mol. The summed E-state index contributed by atoms with van der Waals surface area (Å²) in [5.41, 5.74) is 1.13. The molecule has 0 aromatic heterocycles. The molecule has 0 radical (unpaired) electrons. The van der Waals surface area contributed by atoms with Crippen LogP contribution >= 0.6 is 11.8 Å². The highest BCUT2D eigenvalue weighted by Crippen LogP contribution is 2.33. The van der Waals surface area contributed by atoms with Crippen molar-refractivity contribution < 1.29 is 8.42 Å². The molecule has 0 saturated heterocycles. The fourth-order valence-electron chi connectivity index (χ4n) is 2.31. The second-order valence-electron chi connectivity index (χ2n) is 7.96. The van der Waals surface area contributed by atoms with Gasteiger partial charge in [0.1, 0.15) is 0 Å². The van der Waals surface area contributed by atoms with Crippen LogP contribution in [0.2, 0.25) is 0 Å². The van der Waals surface area contributed by atoms with Gasteiger partial charge >= 0.3 is 0 Å². The molecule has 2 nitrogen and oxygen atoms in total. The lowest BCUT2D eigenvalue weighted by Gasteiger charge is -2.19. The summed E-state index contributed by atoms with van der Waals surface area (Å²) in [6, 6.07) is 14.4. The second-order valence-corrected chi connectivity index (χ2v) is 11.8. The van der Waals surface area contributed by atoms with Gasteiger partial charge in [0.15, 0.2) is 0 Å². The van der Waals surface area contributed by atoms with Gasteiger partial charge in [0.25, 0.3) is 0 Å². The van der Waals surface area contributed by atoms with Crippen LogP contribution in [-0.2, 0) is 15.3 Å². The Kier molecular flexibility index (Phi) is 5.22. The van der Waals surface area contributed by atoms with Crippen LogP contribution in [0, 0.1) is 0 Å². The van der Waals surface area contributed by atoms with E-state index in [0.29, 0.717) is 9.79 Å². The first-order valence-corrected chi connectivity index (χ1v) is 10.3. The first kappa shape index (κ1) is 19.1. The molecule has 0 saturated carbocycles. The van der Waals surface area contributed by atoms with Crippen LogP contribution in [0.5, 0.6) is 0 Å². The van der Waals surface area contributed by atoms with E-state index >= 15 is 0 Å². The van der Waals surface area contributed by atoms with Crippen LogP contribution in [-0.4, -0.2) is 13.2 Å². The molecule has 0 unspecified atom stereocenters. The Hall–Kier alpha value is -1.26. The lowest BCUT2D eigenvalue weighted by atomic mass is 9.87. The maximum Gasteiger partial charge on any atom is 0.206 e. The summed E-state index contributed by atoms with van der Waals surface area (Å²) in [5, 5.41) is 0. The zero-order valence-corrected chi connectivity index (χ0v) is 16.9. The van der Waals surface area contributed by atoms with Gasteiger partial charge in [0.2, 0.25) is 9.84 Å². The molecule has 0 aliphatic rings. The van der Waals surface area contributed by atoms with Crippen molar-refractivity contribution in [1.29, 1.82) is 0 Å². The molecule has 0 spiro atoms. The van der Waals surface area contributed by atoms with Crippen LogP contribution in [0.1, 0.15) is 47.1 Å². The number of sulfone groups is 1. The summed E-state index contributed by atoms with van der Waals surface area (Å²) in [5.74, 6) is 0. The van der Waals surface area contributed by atoms with E-state index in [0.717, 1.165) is 10.5 Å². The van der Waals surface area contributed by atoms with Crippen LogP contribution < -0.4 is 0 Å². The van der Waals surface area contributed by atoms with E-state index in [1.807, 2.05) is 24.3 Å². The van der Waals surface area contributed by atoms with E-state index in [4.69, 9.17) is 0 Å². The van der Waals surface area contributed by atoms with Crippen LogP contribution in [0.25, 0.3) is 0 Å². The lowest BCUT2D eigenvalue weighted by molar-refractivity contribution is 0.586.